The molecule has 156 valence electrons. The van der Waals surface area contributed by atoms with E-state index in [9.17, 15) is 5.26 Å². The molecule has 2 heterocycles. The minimum atomic E-state index is 0.511. The van der Waals surface area contributed by atoms with Gasteiger partial charge in [-0.2, -0.15) is 5.26 Å². The lowest BCUT2D eigenvalue weighted by molar-refractivity contribution is 0.804. The number of aryl methyl sites for hydroxylation is 1. The molecule has 0 saturated carbocycles. The summed E-state index contributed by atoms with van der Waals surface area (Å²) in [5.41, 5.74) is 7.87. The number of para-hydroxylation sites is 1. The van der Waals surface area contributed by atoms with Gasteiger partial charge >= 0.3 is 0 Å². The Kier molecular flexibility index (Phi) is 5.05. The van der Waals surface area contributed by atoms with Crippen molar-refractivity contribution < 1.29 is 0 Å². The van der Waals surface area contributed by atoms with Crippen molar-refractivity contribution in [2.24, 2.45) is 0 Å². The third kappa shape index (κ3) is 3.57. The van der Waals surface area contributed by atoms with E-state index in [1.807, 2.05) is 67.6 Å². The van der Waals surface area contributed by atoms with E-state index in [2.05, 4.69) is 39.7 Å². The number of aromatic nitrogens is 3. The molecule has 0 unspecified atom stereocenters. The minimum absolute atomic E-state index is 0.511. The molecule has 4 nitrogen and oxygen atoms in total. The number of fused-ring (bicyclic) bond motifs is 2. The van der Waals surface area contributed by atoms with Crippen molar-refractivity contribution in [1.29, 1.82) is 5.26 Å². The highest BCUT2D eigenvalue weighted by atomic mass is 35.5. The van der Waals surface area contributed by atoms with Crippen LogP contribution in [0.15, 0.2) is 66.7 Å². The number of nitriles is 1. The maximum Gasteiger partial charge on any atom is 0.149 e. The smallest absolute Gasteiger partial charge is 0.149 e. The fourth-order valence-electron chi connectivity index (χ4n) is 4.17. The second-order valence-electron chi connectivity index (χ2n) is 8.00. The number of benzene rings is 3. The van der Waals surface area contributed by atoms with Crippen LogP contribution in [0.1, 0.15) is 28.2 Å². The third-order valence-corrected chi connectivity index (χ3v) is 6.09. The topological polar surface area (TPSA) is 57.4 Å². The Morgan fingerprint density at radius 2 is 1.88 bits per heavy atom. The molecule has 0 spiro atoms. The maximum absolute atomic E-state index is 9.95. The summed E-state index contributed by atoms with van der Waals surface area (Å²) in [5, 5.41) is 11.8. The molecule has 5 aromatic rings. The third-order valence-electron chi connectivity index (χ3n) is 5.84. The second-order valence-corrected chi connectivity index (χ2v) is 8.44. The van der Waals surface area contributed by atoms with Gasteiger partial charge in [-0.15, -0.1) is 0 Å². The number of rotatable bonds is 4. The normalized spacial score (nSPS) is 11.9. The van der Waals surface area contributed by atoms with E-state index in [0.29, 0.717) is 11.4 Å². The zero-order valence-corrected chi connectivity index (χ0v) is 18.6. The van der Waals surface area contributed by atoms with E-state index >= 15 is 0 Å². The van der Waals surface area contributed by atoms with E-state index in [1.54, 1.807) is 0 Å². The average Bonchev–Trinajstić information content (AvgIpc) is 3.32. The highest BCUT2D eigenvalue weighted by Gasteiger charge is 2.15. The molecular weight excluding hydrogens is 416 g/mol. The van der Waals surface area contributed by atoms with E-state index in [4.69, 9.17) is 11.6 Å². The Morgan fingerprint density at radius 1 is 1.09 bits per heavy atom. The fourth-order valence-corrected chi connectivity index (χ4v) is 4.29. The Hall–Kier alpha value is -3.81. The molecule has 0 atom stereocenters. The highest BCUT2D eigenvalue weighted by molar-refractivity contribution is 6.30. The van der Waals surface area contributed by atoms with Gasteiger partial charge in [0.2, 0.25) is 0 Å². The van der Waals surface area contributed by atoms with Crippen LogP contribution in [0.3, 0.4) is 0 Å². The molecule has 0 aliphatic heterocycles. The predicted molar refractivity (Wildman–Crippen MR) is 132 cm³/mol. The van der Waals surface area contributed by atoms with Gasteiger partial charge in [-0.3, -0.25) is 0 Å². The number of aromatic amines is 1. The molecule has 0 aliphatic rings. The van der Waals surface area contributed by atoms with Gasteiger partial charge in [0.25, 0.3) is 0 Å². The average molecular weight is 437 g/mol. The Morgan fingerprint density at radius 3 is 2.66 bits per heavy atom. The van der Waals surface area contributed by atoms with Crippen molar-refractivity contribution in [2.45, 2.75) is 20.4 Å². The van der Waals surface area contributed by atoms with E-state index in [-0.39, 0.29) is 0 Å². The molecule has 0 bridgehead atoms. The van der Waals surface area contributed by atoms with Crippen molar-refractivity contribution in [3.63, 3.8) is 0 Å². The SMILES string of the molecule is Cc1ccc2nc(/C(C#N)=C\c3c(C)n(Cc4ccc(Cl)cc4)c4ccccc34)[nH]c2c1. The van der Waals surface area contributed by atoms with E-state index in [1.165, 1.54) is 5.56 Å². The number of nitrogens with one attached hydrogen (secondary N) is 1. The van der Waals surface area contributed by atoms with Crippen LogP contribution in [-0.4, -0.2) is 14.5 Å². The standard InChI is InChI=1S/C27H21ClN4/c1-17-7-12-24-25(13-17)31-27(30-24)20(15-29)14-23-18(2)32(26-6-4-3-5-22(23)26)16-19-8-10-21(28)11-9-19/h3-14H,16H2,1-2H3,(H,30,31)/b20-14-. The first kappa shape index (κ1) is 20.1. The lowest BCUT2D eigenvalue weighted by Gasteiger charge is -2.09. The van der Waals surface area contributed by atoms with Crippen LogP contribution < -0.4 is 0 Å². The molecule has 2 aromatic heterocycles. The number of hydrogen-bond donors (Lipinski definition) is 1. The summed E-state index contributed by atoms with van der Waals surface area (Å²) in [7, 11) is 0. The summed E-state index contributed by atoms with van der Waals surface area (Å²) in [6, 6.07) is 24.6. The van der Waals surface area contributed by atoms with Gasteiger partial charge in [0, 0.05) is 33.7 Å². The number of nitrogens with zero attached hydrogens (tertiary/aromatic N) is 3. The number of hydrogen-bond acceptors (Lipinski definition) is 2. The van der Waals surface area contributed by atoms with Crippen LogP contribution in [0.5, 0.6) is 0 Å². The number of allylic oxidation sites excluding steroid dienone is 1. The summed E-state index contributed by atoms with van der Waals surface area (Å²) in [6.45, 7) is 4.86. The molecule has 0 saturated heterocycles. The molecule has 32 heavy (non-hydrogen) atoms. The van der Waals surface area contributed by atoms with Gasteiger partial charge in [0.05, 0.1) is 16.6 Å². The van der Waals surface area contributed by atoms with Gasteiger partial charge in [0.15, 0.2) is 0 Å². The predicted octanol–water partition coefficient (Wildman–Crippen LogP) is 6.90. The van der Waals surface area contributed by atoms with Crippen LogP contribution in [0, 0.1) is 25.2 Å². The van der Waals surface area contributed by atoms with Crippen LogP contribution in [0.2, 0.25) is 5.02 Å². The van der Waals surface area contributed by atoms with E-state index < -0.39 is 0 Å². The zero-order chi connectivity index (χ0) is 22.2. The van der Waals surface area contributed by atoms with Gasteiger partial charge in [0.1, 0.15) is 11.9 Å². The Balaban J connectivity index is 1.64. The van der Waals surface area contributed by atoms with Crippen molar-refractivity contribution in [1.82, 2.24) is 14.5 Å². The molecule has 0 aliphatic carbocycles. The molecule has 5 rings (SSSR count). The van der Waals surface area contributed by atoms with Crippen LogP contribution in [0.4, 0.5) is 0 Å². The first-order chi connectivity index (χ1) is 15.5. The molecule has 5 heteroatoms. The lowest BCUT2D eigenvalue weighted by atomic mass is 10.1. The summed E-state index contributed by atoms with van der Waals surface area (Å²) in [6.07, 6.45) is 1.95. The molecule has 0 amide bonds. The molecule has 3 aromatic carbocycles. The monoisotopic (exact) mass is 436 g/mol. The number of imidazole rings is 1. The van der Waals surface area contributed by atoms with Crippen LogP contribution >= 0.6 is 11.6 Å². The first-order valence-corrected chi connectivity index (χ1v) is 10.8. The van der Waals surface area contributed by atoms with Gasteiger partial charge in [-0.05, 0) is 61.4 Å². The van der Waals surface area contributed by atoms with Gasteiger partial charge < -0.3 is 9.55 Å². The number of H-pyrrole nitrogens is 1. The van der Waals surface area contributed by atoms with Crippen molar-refractivity contribution in [3.05, 3.63) is 100.0 Å². The molecule has 1 N–H and O–H groups in total. The molecular formula is C27H21ClN4. The quantitative estimate of drug-likeness (QED) is 0.311. The Labute approximate surface area is 191 Å². The maximum atomic E-state index is 9.95. The van der Waals surface area contributed by atoms with Crippen molar-refractivity contribution in [2.75, 3.05) is 0 Å². The summed E-state index contributed by atoms with van der Waals surface area (Å²) < 4.78 is 2.28. The lowest BCUT2D eigenvalue weighted by Crippen LogP contribution is -2.01. The highest BCUT2D eigenvalue weighted by Crippen LogP contribution is 2.30. The zero-order valence-electron chi connectivity index (χ0n) is 17.9. The van der Waals surface area contributed by atoms with Gasteiger partial charge in [-0.25, -0.2) is 4.98 Å². The van der Waals surface area contributed by atoms with Crippen LogP contribution in [0.25, 0.3) is 33.6 Å². The fraction of sp³-hybridized carbons (Fsp3) is 0.111. The summed E-state index contributed by atoms with van der Waals surface area (Å²) in [5.74, 6) is 0.585. The molecule has 0 fully saturated rings. The number of halogens is 1. The van der Waals surface area contributed by atoms with Crippen molar-refractivity contribution >= 4 is 45.2 Å². The summed E-state index contributed by atoms with van der Waals surface area (Å²) in [4.78, 5) is 7.95. The van der Waals surface area contributed by atoms with Gasteiger partial charge in [-0.1, -0.05) is 48.0 Å². The Bertz CT molecular complexity index is 1530. The minimum Gasteiger partial charge on any atom is -0.340 e. The van der Waals surface area contributed by atoms with Crippen molar-refractivity contribution in [3.8, 4) is 6.07 Å². The first-order valence-electron chi connectivity index (χ1n) is 10.4. The summed E-state index contributed by atoms with van der Waals surface area (Å²) >= 11 is 6.06. The van der Waals surface area contributed by atoms with Crippen LogP contribution in [-0.2, 0) is 6.54 Å². The largest absolute Gasteiger partial charge is 0.340 e. The molecule has 0 radical (unpaired) electrons. The second kappa shape index (κ2) is 8.03. The van der Waals surface area contributed by atoms with E-state index in [0.717, 1.165) is 50.3 Å².